The van der Waals surface area contributed by atoms with Gasteiger partial charge in [-0.15, -0.1) is 0 Å². The molecule has 1 heterocycles. The molecular formula is C28H27F2N3S. The van der Waals surface area contributed by atoms with Crippen LogP contribution in [0.15, 0.2) is 85.1 Å². The predicted octanol–water partition coefficient (Wildman–Crippen LogP) is 6.83. The molecule has 0 aliphatic carbocycles. The number of nitrogens with one attached hydrogen (secondary N) is 1. The Morgan fingerprint density at radius 2 is 1.62 bits per heavy atom. The van der Waals surface area contributed by atoms with E-state index in [4.69, 9.17) is 12.2 Å². The number of thiocarbonyl (C=S) groups is 1. The number of aromatic nitrogens is 1. The van der Waals surface area contributed by atoms with Gasteiger partial charge in [0.2, 0.25) is 0 Å². The van der Waals surface area contributed by atoms with E-state index in [1.165, 1.54) is 28.8 Å². The summed E-state index contributed by atoms with van der Waals surface area (Å²) in [5, 5.41) is 3.41. The van der Waals surface area contributed by atoms with Crippen LogP contribution in [0.5, 0.6) is 0 Å². The molecule has 0 aliphatic heterocycles. The highest BCUT2D eigenvalue weighted by molar-refractivity contribution is 7.80. The van der Waals surface area contributed by atoms with Crippen molar-refractivity contribution < 1.29 is 8.78 Å². The van der Waals surface area contributed by atoms with Crippen molar-refractivity contribution in [3.63, 3.8) is 0 Å². The van der Waals surface area contributed by atoms with Crippen molar-refractivity contribution in [2.45, 2.75) is 33.5 Å². The van der Waals surface area contributed by atoms with Gasteiger partial charge in [-0.05, 0) is 67.0 Å². The Balaban J connectivity index is 1.57. The van der Waals surface area contributed by atoms with Crippen molar-refractivity contribution in [1.82, 2.24) is 9.47 Å². The van der Waals surface area contributed by atoms with E-state index in [1.807, 2.05) is 41.3 Å². The van der Waals surface area contributed by atoms with E-state index in [0.717, 1.165) is 23.9 Å². The zero-order valence-corrected chi connectivity index (χ0v) is 20.1. The lowest BCUT2D eigenvalue weighted by Gasteiger charge is -2.27. The second-order valence-corrected chi connectivity index (χ2v) is 8.87. The van der Waals surface area contributed by atoms with E-state index in [0.29, 0.717) is 18.2 Å². The normalized spacial score (nSPS) is 10.8. The van der Waals surface area contributed by atoms with Crippen molar-refractivity contribution in [3.05, 3.63) is 125 Å². The van der Waals surface area contributed by atoms with E-state index in [-0.39, 0.29) is 5.69 Å². The van der Waals surface area contributed by atoms with E-state index < -0.39 is 11.6 Å². The van der Waals surface area contributed by atoms with Crippen LogP contribution >= 0.6 is 12.2 Å². The number of halogens is 2. The smallest absolute Gasteiger partial charge is 0.174 e. The zero-order chi connectivity index (χ0) is 24.1. The molecule has 1 N–H and O–H groups in total. The number of nitrogens with zero attached hydrogens (tertiary/aromatic N) is 2. The quantitative estimate of drug-likeness (QED) is 0.296. The minimum absolute atomic E-state index is 0.284. The molecule has 174 valence electrons. The fourth-order valence-electron chi connectivity index (χ4n) is 3.98. The first kappa shape index (κ1) is 23.6. The highest BCUT2D eigenvalue weighted by Gasteiger charge is 2.15. The molecule has 0 aliphatic rings. The predicted molar refractivity (Wildman–Crippen MR) is 138 cm³/mol. The van der Waals surface area contributed by atoms with Crippen LogP contribution in [0, 0.1) is 25.5 Å². The number of anilines is 1. The molecule has 0 amide bonds. The van der Waals surface area contributed by atoms with Crippen molar-refractivity contribution in [2.24, 2.45) is 0 Å². The third kappa shape index (κ3) is 6.08. The summed E-state index contributed by atoms with van der Waals surface area (Å²) in [4.78, 5) is 2.00. The monoisotopic (exact) mass is 475 g/mol. The van der Waals surface area contributed by atoms with Crippen LogP contribution < -0.4 is 5.32 Å². The van der Waals surface area contributed by atoms with Gasteiger partial charge in [0.1, 0.15) is 11.6 Å². The van der Waals surface area contributed by atoms with Crippen molar-refractivity contribution in [2.75, 3.05) is 5.32 Å². The van der Waals surface area contributed by atoms with Gasteiger partial charge in [0.15, 0.2) is 5.11 Å². The Hall–Kier alpha value is -3.51. The average Bonchev–Trinajstić information content (AvgIpc) is 3.22. The molecule has 0 saturated heterocycles. The summed E-state index contributed by atoms with van der Waals surface area (Å²) in [5.41, 5.74) is 6.22. The summed E-state index contributed by atoms with van der Waals surface area (Å²) >= 11 is 5.69. The second-order valence-electron chi connectivity index (χ2n) is 8.49. The molecule has 0 fully saturated rings. The minimum atomic E-state index is -0.651. The first-order valence-corrected chi connectivity index (χ1v) is 11.5. The van der Waals surface area contributed by atoms with Gasteiger partial charge in [-0.1, -0.05) is 54.1 Å². The molecule has 4 aromatic rings. The second kappa shape index (κ2) is 10.6. The first-order chi connectivity index (χ1) is 16.4. The Bertz CT molecular complexity index is 1260. The van der Waals surface area contributed by atoms with Gasteiger partial charge in [-0.3, -0.25) is 0 Å². The Morgan fingerprint density at radius 3 is 2.32 bits per heavy atom. The van der Waals surface area contributed by atoms with Crippen molar-refractivity contribution in [1.29, 1.82) is 0 Å². The van der Waals surface area contributed by atoms with Gasteiger partial charge < -0.3 is 14.8 Å². The fourth-order valence-corrected chi connectivity index (χ4v) is 4.23. The SMILES string of the molecule is Cc1ccc(Cn2cccc2CN(Cc2ccccc2)C(=S)Nc2cc(F)cc(F)c2)c(C)c1. The lowest BCUT2D eigenvalue weighted by atomic mass is 10.1. The highest BCUT2D eigenvalue weighted by Crippen LogP contribution is 2.19. The van der Waals surface area contributed by atoms with Crippen LogP contribution in [0.1, 0.15) is 27.9 Å². The van der Waals surface area contributed by atoms with Crippen molar-refractivity contribution in [3.8, 4) is 0 Å². The van der Waals surface area contributed by atoms with E-state index >= 15 is 0 Å². The fraction of sp³-hybridized carbons (Fsp3) is 0.179. The van der Waals surface area contributed by atoms with E-state index in [2.05, 4.69) is 54.2 Å². The molecule has 0 saturated carbocycles. The lowest BCUT2D eigenvalue weighted by molar-refractivity contribution is 0.399. The summed E-state index contributed by atoms with van der Waals surface area (Å²) in [5.74, 6) is -1.30. The number of hydrogen-bond donors (Lipinski definition) is 1. The summed E-state index contributed by atoms with van der Waals surface area (Å²) in [7, 11) is 0. The Morgan fingerprint density at radius 1 is 0.882 bits per heavy atom. The first-order valence-electron chi connectivity index (χ1n) is 11.1. The van der Waals surface area contributed by atoms with Crippen LogP contribution in [0.3, 0.4) is 0 Å². The minimum Gasteiger partial charge on any atom is -0.345 e. The molecular weight excluding hydrogens is 448 g/mol. The average molecular weight is 476 g/mol. The number of rotatable bonds is 7. The van der Waals surface area contributed by atoms with Crippen LogP contribution in [-0.4, -0.2) is 14.6 Å². The Labute approximate surface area is 204 Å². The third-order valence-electron chi connectivity index (χ3n) is 5.73. The molecule has 4 rings (SSSR count). The van der Waals surface area contributed by atoms with Crippen LogP contribution in [0.25, 0.3) is 0 Å². The maximum absolute atomic E-state index is 13.7. The standard InChI is InChI=1S/C28H27F2N3S/c1-20-10-11-23(21(2)13-20)18-32-12-6-9-27(32)19-33(17-22-7-4-3-5-8-22)28(34)31-26-15-24(29)14-25(30)16-26/h3-16H,17-19H2,1-2H3,(H,31,34). The molecule has 6 heteroatoms. The van der Waals surface area contributed by atoms with E-state index in [9.17, 15) is 8.78 Å². The molecule has 0 unspecified atom stereocenters. The molecule has 0 atom stereocenters. The van der Waals surface area contributed by atoms with E-state index in [1.54, 1.807) is 0 Å². The molecule has 0 bridgehead atoms. The molecule has 0 radical (unpaired) electrons. The van der Waals surface area contributed by atoms with Crippen LogP contribution in [0.4, 0.5) is 14.5 Å². The van der Waals surface area contributed by atoms with Gasteiger partial charge in [0.25, 0.3) is 0 Å². The number of hydrogen-bond acceptors (Lipinski definition) is 1. The number of benzene rings is 3. The summed E-state index contributed by atoms with van der Waals surface area (Å²) in [6, 6.07) is 23.9. The highest BCUT2D eigenvalue weighted by atomic mass is 32.1. The van der Waals surface area contributed by atoms with Crippen molar-refractivity contribution >= 4 is 23.0 Å². The van der Waals surface area contributed by atoms with Crippen LogP contribution in [-0.2, 0) is 19.6 Å². The van der Waals surface area contributed by atoms with Gasteiger partial charge >= 0.3 is 0 Å². The largest absolute Gasteiger partial charge is 0.345 e. The molecule has 3 aromatic carbocycles. The Kier molecular flexibility index (Phi) is 7.38. The maximum Gasteiger partial charge on any atom is 0.174 e. The molecule has 1 aromatic heterocycles. The summed E-state index contributed by atoms with van der Waals surface area (Å²) in [6.45, 7) is 6.07. The maximum atomic E-state index is 13.7. The van der Waals surface area contributed by atoms with Gasteiger partial charge in [-0.2, -0.15) is 0 Å². The topological polar surface area (TPSA) is 20.2 Å². The molecule has 34 heavy (non-hydrogen) atoms. The zero-order valence-electron chi connectivity index (χ0n) is 19.3. The molecule has 3 nitrogen and oxygen atoms in total. The third-order valence-corrected chi connectivity index (χ3v) is 6.09. The van der Waals surface area contributed by atoms with Crippen LogP contribution in [0.2, 0.25) is 0 Å². The lowest BCUT2D eigenvalue weighted by Crippen LogP contribution is -2.34. The van der Waals surface area contributed by atoms with Gasteiger partial charge in [-0.25, -0.2) is 8.78 Å². The summed E-state index contributed by atoms with van der Waals surface area (Å²) in [6.07, 6.45) is 2.06. The molecule has 0 spiro atoms. The number of aryl methyl sites for hydroxylation is 2. The van der Waals surface area contributed by atoms with Gasteiger partial charge in [0, 0.05) is 36.7 Å². The van der Waals surface area contributed by atoms with Gasteiger partial charge in [0.05, 0.1) is 6.54 Å². The summed E-state index contributed by atoms with van der Waals surface area (Å²) < 4.78 is 29.6.